The molecule has 0 radical (unpaired) electrons. The van der Waals surface area contributed by atoms with E-state index in [1.807, 2.05) is 61.7 Å². The van der Waals surface area contributed by atoms with Crippen LogP contribution in [-0.2, 0) is 0 Å². The van der Waals surface area contributed by atoms with Crippen LogP contribution in [0.2, 0.25) is 0 Å². The van der Waals surface area contributed by atoms with Crippen molar-refractivity contribution in [3.63, 3.8) is 0 Å². The van der Waals surface area contributed by atoms with Gasteiger partial charge in [-0.15, -0.1) is 0 Å². The number of carbonyl (C=O) groups excluding carboxylic acids is 1. The van der Waals surface area contributed by atoms with E-state index < -0.39 is 0 Å². The van der Waals surface area contributed by atoms with Crippen molar-refractivity contribution in [2.45, 2.75) is 6.92 Å². The molecule has 0 unspecified atom stereocenters. The molecule has 1 heterocycles. The van der Waals surface area contributed by atoms with Crippen LogP contribution in [0.1, 0.15) is 15.9 Å². The third-order valence-electron chi connectivity index (χ3n) is 3.47. The summed E-state index contributed by atoms with van der Waals surface area (Å²) in [7, 11) is 0. The molecule has 0 fully saturated rings. The number of carbonyl (C=O) groups is 1. The van der Waals surface area contributed by atoms with E-state index in [1.165, 1.54) is 0 Å². The number of aromatic nitrogens is 1. The quantitative estimate of drug-likeness (QED) is 0.732. The summed E-state index contributed by atoms with van der Waals surface area (Å²) in [6, 6.07) is 19.1. The minimum Gasteiger partial charge on any atom is -0.267 e. The smallest absolute Gasteiger partial charge is 0.267 e. The van der Waals surface area contributed by atoms with Gasteiger partial charge >= 0.3 is 0 Å². The highest BCUT2D eigenvalue weighted by atomic mass is 79.9. The standard InChI is InChI=1S/C18H15BrN2O/c1-13-11-12-21(17(13)15-9-5-6-10-16(15)19)20-18(22)14-7-3-2-4-8-14/h2-12H,1H3,(H,20,22). The highest BCUT2D eigenvalue weighted by Crippen LogP contribution is 2.30. The first-order chi connectivity index (χ1) is 10.7. The number of halogens is 1. The number of nitrogens with zero attached hydrogens (tertiary/aromatic N) is 1. The lowest BCUT2D eigenvalue weighted by atomic mass is 10.1. The van der Waals surface area contributed by atoms with E-state index in [0.717, 1.165) is 21.3 Å². The molecule has 4 heteroatoms. The number of amides is 1. The fourth-order valence-corrected chi connectivity index (χ4v) is 2.85. The van der Waals surface area contributed by atoms with E-state index in [2.05, 4.69) is 21.4 Å². The van der Waals surface area contributed by atoms with Gasteiger partial charge < -0.3 is 0 Å². The van der Waals surface area contributed by atoms with Gasteiger partial charge in [-0.1, -0.05) is 52.3 Å². The van der Waals surface area contributed by atoms with Gasteiger partial charge in [0.25, 0.3) is 5.91 Å². The molecule has 3 rings (SSSR count). The predicted molar refractivity (Wildman–Crippen MR) is 92.4 cm³/mol. The van der Waals surface area contributed by atoms with Crippen LogP contribution in [0.15, 0.2) is 71.3 Å². The zero-order valence-electron chi connectivity index (χ0n) is 12.1. The number of rotatable bonds is 3. The van der Waals surface area contributed by atoms with Crippen LogP contribution in [-0.4, -0.2) is 10.6 Å². The summed E-state index contributed by atoms with van der Waals surface area (Å²) in [6.45, 7) is 2.03. The molecule has 3 aromatic rings. The zero-order chi connectivity index (χ0) is 15.5. The Labute approximate surface area is 137 Å². The minimum absolute atomic E-state index is 0.135. The number of hydrogen-bond acceptors (Lipinski definition) is 1. The summed E-state index contributed by atoms with van der Waals surface area (Å²) in [5.41, 5.74) is 6.67. The zero-order valence-corrected chi connectivity index (χ0v) is 13.7. The fourth-order valence-electron chi connectivity index (χ4n) is 2.38. The van der Waals surface area contributed by atoms with Gasteiger partial charge in [0.05, 0.1) is 5.69 Å². The van der Waals surface area contributed by atoms with Gasteiger partial charge in [-0.25, -0.2) is 0 Å². The van der Waals surface area contributed by atoms with Crippen LogP contribution in [0.4, 0.5) is 0 Å². The van der Waals surface area contributed by atoms with Crippen molar-refractivity contribution in [3.05, 3.63) is 82.5 Å². The summed E-state index contributed by atoms with van der Waals surface area (Å²) in [6.07, 6.45) is 1.87. The van der Waals surface area contributed by atoms with E-state index in [1.54, 1.807) is 16.8 Å². The van der Waals surface area contributed by atoms with Crippen LogP contribution in [0, 0.1) is 6.92 Å². The third kappa shape index (κ3) is 2.83. The maximum absolute atomic E-state index is 12.3. The number of nitrogens with one attached hydrogen (secondary N) is 1. The third-order valence-corrected chi connectivity index (χ3v) is 4.17. The first kappa shape index (κ1) is 14.6. The summed E-state index contributed by atoms with van der Waals surface area (Å²) in [4.78, 5) is 12.3. The van der Waals surface area contributed by atoms with Crippen molar-refractivity contribution in [1.82, 2.24) is 4.68 Å². The highest BCUT2D eigenvalue weighted by Gasteiger charge is 2.13. The van der Waals surface area contributed by atoms with Crippen molar-refractivity contribution >= 4 is 21.8 Å². The van der Waals surface area contributed by atoms with Crippen LogP contribution >= 0.6 is 15.9 Å². The fraction of sp³-hybridized carbons (Fsp3) is 0.0556. The first-order valence-corrected chi connectivity index (χ1v) is 7.75. The lowest BCUT2D eigenvalue weighted by Gasteiger charge is -2.13. The van der Waals surface area contributed by atoms with Crippen LogP contribution in [0.3, 0.4) is 0 Å². The van der Waals surface area contributed by atoms with Crippen LogP contribution in [0.5, 0.6) is 0 Å². The normalized spacial score (nSPS) is 10.5. The van der Waals surface area contributed by atoms with Gasteiger partial charge in [0.1, 0.15) is 0 Å². The average Bonchev–Trinajstić information content (AvgIpc) is 2.89. The molecule has 1 N–H and O–H groups in total. The summed E-state index contributed by atoms with van der Waals surface area (Å²) in [5, 5.41) is 0. The van der Waals surface area contributed by atoms with Gasteiger partial charge in [0.15, 0.2) is 0 Å². The Morgan fingerprint density at radius 3 is 2.41 bits per heavy atom. The van der Waals surface area contributed by atoms with Crippen molar-refractivity contribution in [2.75, 3.05) is 5.43 Å². The van der Waals surface area contributed by atoms with E-state index in [9.17, 15) is 4.79 Å². The molecule has 0 aliphatic carbocycles. The van der Waals surface area contributed by atoms with E-state index in [0.29, 0.717) is 5.56 Å². The van der Waals surface area contributed by atoms with E-state index in [-0.39, 0.29) is 5.91 Å². The monoisotopic (exact) mass is 354 g/mol. The van der Waals surface area contributed by atoms with E-state index >= 15 is 0 Å². The maximum atomic E-state index is 12.3. The van der Waals surface area contributed by atoms with Crippen molar-refractivity contribution in [1.29, 1.82) is 0 Å². The number of aryl methyl sites for hydroxylation is 1. The Morgan fingerprint density at radius 1 is 1.00 bits per heavy atom. The van der Waals surface area contributed by atoms with Crippen molar-refractivity contribution in [2.24, 2.45) is 0 Å². The largest absolute Gasteiger partial charge is 0.270 e. The molecule has 0 saturated carbocycles. The molecule has 0 saturated heterocycles. The first-order valence-electron chi connectivity index (χ1n) is 6.96. The second kappa shape index (κ2) is 6.20. The second-order valence-corrected chi connectivity index (χ2v) is 5.86. The molecule has 1 aromatic heterocycles. The maximum Gasteiger partial charge on any atom is 0.270 e. The SMILES string of the molecule is Cc1ccn(NC(=O)c2ccccc2)c1-c1ccccc1Br. The molecule has 22 heavy (non-hydrogen) atoms. The topological polar surface area (TPSA) is 34.0 Å². The average molecular weight is 355 g/mol. The molecule has 0 spiro atoms. The van der Waals surface area contributed by atoms with Crippen molar-refractivity contribution < 1.29 is 4.79 Å². The van der Waals surface area contributed by atoms with Gasteiger partial charge in [-0.05, 0) is 36.8 Å². The Balaban J connectivity index is 1.97. The van der Waals surface area contributed by atoms with Gasteiger partial charge in [-0.3, -0.25) is 14.9 Å². The van der Waals surface area contributed by atoms with E-state index in [4.69, 9.17) is 0 Å². The lowest BCUT2D eigenvalue weighted by molar-refractivity contribution is 0.101. The molecule has 1 amide bonds. The summed E-state index contributed by atoms with van der Waals surface area (Å²) in [5.74, 6) is -0.135. The number of benzene rings is 2. The molecular weight excluding hydrogens is 340 g/mol. The Hall–Kier alpha value is -2.33. The minimum atomic E-state index is -0.135. The molecule has 3 nitrogen and oxygen atoms in total. The second-order valence-electron chi connectivity index (χ2n) is 5.00. The number of hydrogen-bond donors (Lipinski definition) is 1. The molecule has 2 aromatic carbocycles. The molecule has 0 bridgehead atoms. The summed E-state index contributed by atoms with van der Waals surface area (Å²) >= 11 is 3.57. The predicted octanol–water partition coefficient (Wildman–Crippen LogP) is 4.61. The molecule has 0 atom stereocenters. The molecule has 0 aliphatic heterocycles. The lowest BCUT2D eigenvalue weighted by Crippen LogP contribution is -2.23. The van der Waals surface area contributed by atoms with Gasteiger partial charge in [0, 0.05) is 21.8 Å². The van der Waals surface area contributed by atoms with Gasteiger partial charge in [-0.2, -0.15) is 0 Å². The Bertz CT molecular complexity index is 809. The molecule has 0 aliphatic rings. The molecular formula is C18H15BrN2O. The van der Waals surface area contributed by atoms with Crippen LogP contribution in [0.25, 0.3) is 11.3 Å². The van der Waals surface area contributed by atoms with Gasteiger partial charge in [0.2, 0.25) is 0 Å². The van der Waals surface area contributed by atoms with Crippen molar-refractivity contribution in [3.8, 4) is 11.3 Å². The van der Waals surface area contributed by atoms with Crippen LogP contribution < -0.4 is 5.43 Å². The summed E-state index contributed by atoms with van der Waals surface area (Å²) < 4.78 is 2.76. The Kier molecular flexibility index (Phi) is 4.11. The molecule has 110 valence electrons. The Morgan fingerprint density at radius 2 is 1.68 bits per heavy atom. The highest BCUT2D eigenvalue weighted by molar-refractivity contribution is 9.10.